The molecule has 1 aromatic heterocycles. The fraction of sp³-hybridized carbons (Fsp3) is 0.304. The fourth-order valence-corrected chi connectivity index (χ4v) is 3.73. The van der Waals surface area contributed by atoms with Crippen molar-refractivity contribution in [2.75, 3.05) is 38.2 Å². The Morgan fingerprint density at radius 3 is 2.48 bits per heavy atom. The Labute approximate surface area is 179 Å². The molecule has 1 aliphatic heterocycles. The van der Waals surface area contributed by atoms with E-state index in [1.54, 1.807) is 7.11 Å². The van der Waals surface area contributed by atoms with Crippen molar-refractivity contribution >= 4 is 11.6 Å². The molecule has 0 aliphatic carbocycles. The first-order valence-electron chi connectivity index (χ1n) is 10.1. The molecular formula is C23H23F2N3O3. The van der Waals surface area contributed by atoms with Crippen LogP contribution in [0.2, 0.25) is 0 Å². The zero-order valence-corrected chi connectivity index (χ0v) is 17.2. The largest absolute Gasteiger partial charge is 0.495 e. The van der Waals surface area contributed by atoms with Gasteiger partial charge in [0.25, 0.3) is 0 Å². The Morgan fingerprint density at radius 1 is 1.06 bits per heavy atom. The summed E-state index contributed by atoms with van der Waals surface area (Å²) in [6, 6.07) is 11.4. The number of carbonyl (C=O) groups excluding carboxylic acids is 1. The molecular weight excluding hydrogens is 404 g/mol. The van der Waals surface area contributed by atoms with Crippen molar-refractivity contribution in [3.63, 3.8) is 0 Å². The summed E-state index contributed by atoms with van der Waals surface area (Å²) in [5.41, 5.74) is 0.768. The topological polar surface area (TPSA) is 58.8 Å². The maximum Gasteiger partial charge on any atom is 0.223 e. The monoisotopic (exact) mass is 427 g/mol. The lowest BCUT2D eigenvalue weighted by molar-refractivity contribution is -0.131. The summed E-state index contributed by atoms with van der Waals surface area (Å²) >= 11 is 0. The van der Waals surface area contributed by atoms with E-state index in [0.29, 0.717) is 26.2 Å². The van der Waals surface area contributed by atoms with Crippen molar-refractivity contribution in [1.29, 1.82) is 0 Å². The standard InChI is InChI=1S/C23H23F2N3O3/c1-30-19-8-3-2-7-18(19)27-11-13-28(14-12-27)22(29)10-9-21-26-15-20(31-21)23-16(24)5-4-6-17(23)25/h2-8,15H,9-14H2,1H3. The molecule has 0 radical (unpaired) electrons. The number of benzene rings is 2. The summed E-state index contributed by atoms with van der Waals surface area (Å²) in [6.07, 6.45) is 1.77. The van der Waals surface area contributed by atoms with E-state index >= 15 is 0 Å². The maximum absolute atomic E-state index is 13.9. The maximum atomic E-state index is 13.9. The number of oxazole rings is 1. The summed E-state index contributed by atoms with van der Waals surface area (Å²) in [5, 5.41) is 0. The zero-order valence-electron chi connectivity index (χ0n) is 17.2. The second-order valence-electron chi connectivity index (χ2n) is 7.25. The molecule has 6 nitrogen and oxygen atoms in total. The van der Waals surface area contributed by atoms with Gasteiger partial charge in [-0.25, -0.2) is 13.8 Å². The molecule has 0 spiro atoms. The first kappa shape index (κ1) is 20.8. The van der Waals surface area contributed by atoms with Crippen molar-refractivity contribution in [2.24, 2.45) is 0 Å². The highest BCUT2D eigenvalue weighted by atomic mass is 19.1. The minimum absolute atomic E-state index is 0.00324. The molecule has 2 heterocycles. The molecule has 0 saturated carbocycles. The number of ether oxygens (including phenoxy) is 1. The van der Waals surface area contributed by atoms with Gasteiger partial charge in [-0.15, -0.1) is 0 Å². The van der Waals surface area contributed by atoms with Gasteiger partial charge in [0, 0.05) is 39.0 Å². The van der Waals surface area contributed by atoms with Gasteiger partial charge < -0.3 is 19.0 Å². The number of methoxy groups -OCH3 is 1. The van der Waals surface area contributed by atoms with E-state index < -0.39 is 11.6 Å². The Balaban J connectivity index is 1.32. The van der Waals surface area contributed by atoms with Gasteiger partial charge in [0.05, 0.1) is 24.6 Å². The summed E-state index contributed by atoms with van der Waals surface area (Å²) in [7, 11) is 1.65. The van der Waals surface area contributed by atoms with Crippen LogP contribution in [-0.2, 0) is 11.2 Å². The van der Waals surface area contributed by atoms with Crippen molar-refractivity contribution in [2.45, 2.75) is 12.8 Å². The first-order valence-corrected chi connectivity index (χ1v) is 10.1. The number of carbonyl (C=O) groups is 1. The van der Waals surface area contributed by atoms with Crippen LogP contribution in [0.15, 0.2) is 53.1 Å². The van der Waals surface area contributed by atoms with E-state index in [1.807, 2.05) is 29.2 Å². The van der Waals surface area contributed by atoms with Crippen LogP contribution in [0.5, 0.6) is 5.75 Å². The van der Waals surface area contributed by atoms with E-state index in [9.17, 15) is 13.6 Å². The lowest BCUT2D eigenvalue weighted by Crippen LogP contribution is -2.48. The molecule has 4 rings (SSSR count). The summed E-state index contributed by atoms with van der Waals surface area (Å²) in [5.74, 6) is -0.328. The number of hydrogen-bond donors (Lipinski definition) is 0. The minimum atomic E-state index is -0.716. The van der Waals surface area contributed by atoms with Crippen molar-refractivity contribution in [3.8, 4) is 17.1 Å². The van der Waals surface area contributed by atoms with Crippen LogP contribution in [0.25, 0.3) is 11.3 Å². The second kappa shape index (κ2) is 9.16. The Hall–Kier alpha value is -3.42. The third-order valence-electron chi connectivity index (χ3n) is 5.37. The van der Waals surface area contributed by atoms with Gasteiger partial charge in [-0.1, -0.05) is 18.2 Å². The lowest BCUT2D eigenvalue weighted by Gasteiger charge is -2.36. The Morgan fingerprint density at radius 2 is 1.77 bits per heavy atom. The van der Waals surface area contributed by atoms with Gasteiger partial charge in [-0.3, -0.25) is 4.79 Å². The van der Waals surface area contributed by atoms with Gasteiger partial charge >= 0.3 is 0 Å². The van der Waals surface area contributed by atoms with Crippen LogP contribution in [0.1, 0.15) is 12.3 Å². The van der Waals surface area contributed by atoms with Crippen LogP contribution in [-0.4, -0.2) is 49.1 Å². The van der Waals surface area contributed by atoms with Gasteiger partial charge in [0.2, 0.25) is 5.91 Å². The smallest absolute Gasteiger partial charge is 0.223 e. The molecule has 2 aromatic carbocycles. The highest BCUT2D eigenvalue weighted by Gasteiger charge is 2.23. The third-order valence-corrected chi connectivity index (χ3v) is 5.37. The zero-order chi connectivity index (χ0) is 21.8. The molecule has 0 bridgehead atoms. The number of nitrogens with zero attached hydrogens (tertiary/aromatic N) is 3. The van der Waals surface area contributed by atoms with Gasteiger partial charge in [0.15, 0.2) is 11.7 Å². The van der Waals surface area contributed by atoms with Crippen molar-refractivity contribution in [1.82, 2.24) is 9.88 Å². The highest BCUT2D eigenvalue weighted by Crippen LogP contribution is 2.29. The molecule has 0 unspecified atom stereocenters. The fourth-order valence-electron chi connectivity index (χ4n) is 3.73. The summed E-state index contributed by atoms with van der Waals surface area (Å²) < 4.78 is 38.7. The van der Waals surface area contributed by atoms with Crippen LogP contribution in [0.4, 0.5) is 14.5 Å². The Bertz CT molecular complexity index is 1040. The van der Waals surface area contributed by atoms with Crippen LogP contribution in [0, 0.1) is 11.6 Å². The van der Waals surface area contributed by atoms with Crippen LogP contribution >= 0.6 is 0 Å². The number of halogens is 2. The Kier molecular flexibility index (Phi) is 6.16. The number of aromatic nitrogens is 1. The lowest BCUT2D eigenvalue weighted by atomic mass is 10.1. The van der Waals surface area contributed by atoms with Gasteiger partial charge in [-0.2, -0.15) is 0 Å². The molecule has 0 atom stereocenters. The normalized spacial score (nSPS) is 14.0. The highest BCUT2D eigenvalue weighted by molar-refractivity contribution is 5.76. The van der Waals surface area contributed by atoms with Crippen molar-refractivity contribution in [3.05, 3.63) is 66.2 Å². The number of piperazine rings is 1. The third kappa shape index (κ3) is 4.52. The molecule has 8 heteroatoms. The predicted octanol–water partition coefficient (Wildman–Crippen LogP) is 3.91. The predicted molar refractivity (Wildman–Crippen MR) is 112 cm³/mol. The van der Waals surface area contributed by atoms with Crippen LogP contribution in [0.3, 0.4) is 0 Å². The van der Waals surface area contributed by atoms with E-state index in [2.05, 4.69) is 9.88 Å². The number of rotatable bonds is 6. The van der Waals surface area contributed by atoms with E-state index in [4.69, 9.17) is 9.15 Å². The van der Waals surface area contributed by atoms with Gasteiger partial charge in [0.1, 0.15) is 17.4 Å². The number of anilines is 1. The number of para-hydroxylation sites is 2. The second-order valence-corrected chi connectivity index (χ2v) is 7.25. The average Bonchev–Trinajstić information content (AvgIpc) is 3.26. The molecule has 1 aliphatic rings. The molecule has 31 heavy (non-hydrogen) atoms. The quantitative estimate of drug-likeness (QED) is 0.597. The first-order chi connectivity index (χ1) is 15.1. The molecule has 162 valence electrons. The van der Waals surface area contributed by atoms with E-state index in [0.717, 1.165) is 23.6 Å². The van der Waals surface area contributed by atoms with Crippen LogP contribution < -0.4 is 9.64 Å². The SMILES string of the molecule is COc1ccccc1N1CCN(C(=O)CCc2ncc(-c3c(F)cccc3F)o2)CC1. The van der Waals surface area contributed by atoms with Gasteiger partial charge in [-0.05, 0) is 24.3 Å². The number of hydrogen-bond acceptors (Lipinski definition) is 5. The van der Waals surface area contributed by atoms with E-state index in [1.165, 1.54) is 12.3 Å². The van der Waals surface area contributed by atoms with Crippen molar-refractivity contribution < 1.29 is 22.7 Å². The number of aryl methyl sites for hydroxylation is 1. The molecule has 1 amide bonds. The molecule has 0 N–H and O–H groups in total. The minimum Gasteiger partial charge on any atom is -0.495 e. The summed E-state index contributed by atoms with van der Waals surface area (Å²) in [4.78, 5) is 20.7. The average molecular weight is 427 g/mol. The van der Waals surface area contributed by atoms with E-state index in [-0.39, 0.29) is 36.0 Å². The molecule has 3 aromatic rings. The number of amides is 1. The molecule has 1 saturated heterocycles. The summed E-state index contributed by atoms with van der Waals surface area (Å²) in [6.45, 7) is 2.63. The molecule has 1 fully saturated rings.